The zero-order chi connectivity index (χ0) is 15.1. The number of hydrazine groups is 1. The Balaban J connectivity index is 2.40. The van der Waals surface area contributed by atoms with Crippen LogP contribution in [0, 0.1) is 11.2 Å². The molecule has 1 heterocycles. The number of nitrogens with zero attached hydrogens (tertiary/aromatic N) is 1. The number of fused-ring (bicyclic) bond motifs is 1. The number of halogens is 1. The zero-order valence-corrected chi connectivity index (χ0v) is 11.5. The molecule has 2 amide bonds. The summed E-state index contributed by atoms with van der Waals surface area (Å²) < 4.78 is 19.1. The van der Waals surface area contributed by atoms with Crippen LogP contribution in [0.5, 0.6) is 5.75 Å². The number of nitrogens with one attached hydrogen (secondary N) is 1. The van der Waals surface area contributed by atoms with E-state index in [1.165, 1.54) is 6.07 Å². The fourth-order valence-corrected chi connectivity index (χ4v) is 1.75. The first-order valence-corrected chi connectivity index (χ1v) is 6.05. The highest BCUT2D eigenvalue weighted by atomic mass is 19.1. The van der Waals surface area contributed by atoms with Crippen LogP contribution in [0.2, 0.25) is 0 Å². The van der Waals surface area contributed by atoms with Crippen LogP contribution in [0.4, 0.5) is 15.8 Å². The van der Waals surface area contributed by atoms with E-state index in [2.05, 4.69) is 5.32 Å². The Labute approximate surface area is 115 Å². The topological polar surface area (TPSA) is 84.7 Å². The Morgan fingerprint density at radius 2 is 2.10 bits per heavy atom. The third-order valence-corrected chi connectivity index (χ3v) is 2.80. The van der Waals surface area contributed by atoms with E-state index in [1.807, 2.05) is 0 Å². The molecule has 0 fully saturated rings. The number of benzene rings is 1. The minimum Gasteiger partial charge on any atom is -0.481 e. The number of amides is 2. The molecule has 1 aromatic rings. The molecule has 108 valence electrons. The zero-order valence-electron chi connectivity index (χ0n) is 11.5. The van der Waals surface area contributed by atoms with Crippen molar-refractivity contribution in [3.63, 3.8) is 0 Å². The van der Waals surface area contributed by atoms with Gasteiger partial charge in [-0.2, -0.15) is 0 Å². The lowest BCUT2D eigenvalue weighted by molar-refractivity contribution is -0.125. The van der Waals surface area contributed by atoms with Crippen LogP contribution in [0.1, 0.15) is 20.8 Å². The molecule has 0 atom stereocenters. The lowest BCUT2D eigenvalue weighted by atomic mass is 9.95. The van der Waals surface area contributed by atoms with Crippen LogP contribution in [0.3, 0.4) is 0 Å². The van der Waals surface area contributed by atoms with E-state index in [1.54, 1.807) is 20.8 Å². The van der Waals surface area contributed by atoms with Gasteiger partial charge in [0.2, 0.25) is 5.91 Å². The van der Waals surface area contributed by atoms with Crippen molar-refractivity contribution in [2.75, 3.05) is 16.9 Å². The smallest absolute Gasteiger partial charge is 0.262 e. The summed E-state index contributed by atoms with van der Waals surface area (Å²) in [5.41, 5.74) is -0.583. The van der Waals surface area contributed by atoms with Crippen LogP contribution in [-0.2, 0) is 9.59 Å². The number of carbonyl (C=O) groups is 2. The molecular weight excluding hydrogens is 265 g/mol. The fraction of sp³-hybridized carbons (Fsp3) is 0.385. The molecule has 3 N–H and O–H groups in total. The van der Waals surface area contributed by atoms with E-state index in [9.17, 15) is 14.0 Å². The normalized spacial score (nSPS) is 14.2. The van der Waals surface area contributed by atoms with Gasteiger partial charge in [0.15, 0.2) is 12.4 Å². The van der Waals surface area contributed by atoms with Crippen molar-refractivity contribution in [1.29, 1.82) is 0 Å². The van der Waals surface area contributed by atoms with Crippen molar-refractivity contribution in [2.24, 2.45) is 11.3 Å². The first kappa shape index (κ1) is 14.3. The minimum atomic E-state index is -0.753. The van der Waals surface area contributed by atoms with Gasteiger partial charge in [0.25, 0.3) is 5.91 Å². The van der Waals surface area contributed by atoms with Crippen LogP contribution in [0.15, 0.2) is 12.1 Å². The van der Waals surface area contributed by atoms with Crippen molar-refractivity contribution in [1.82, 2.24) is 0 Å². The van der Waals surface area contributed by atoms with Gasteiger partial charge in [-0.1, -0.05) is 20.8 Å². The molecule has 1 aliphatic rings. The summed E-state index contributed by atoms with van der Waals surface area (Å²) in [6.45, 7) is 4.86. The van der Waals surface area contributed by atoms with Gasteiger partial charge in [-0.3, -0.25) is 9.59 Å². The van der Waals surface area contributed by atoms with Crippen LogP contribution >= 0.6 is 0 Å². The van der Waals surface area contributed by atoms with Crippen molar-refractivity contribution >= 4 is 23.2 Å². The predicted molar refractivity (Wildman–Crippen MR) is 71.7 cm³/mol. The maximum atomic E-state index is 14.0. The maximum Gasteiger partial charge on any atom is 0.262 e. The van der Waals surface area contributed by atoms with Gasteiger partial charge in [-0.25, -0.2) is 15.2 Å². The summed E-state index contributed by atoms with van der Waals surface area (Å²) >= 11 is 0. The molecule has 0 unspecified atom stereocenters. The number of anilines is 2. The van der Waals surface area contributed by atoms with Crippen molar-refractivity contribution in [3.8, 4) is 5.75 Å². The number of ether oxygens (including phenoxy) is 1. The second kappa shape index (κ2) is 4.75. The van der Waals surface area contributed by atoms with E-state index >= 15 is 0 Å². The maximum absolute atomic E-state index is 14.0. The standard InChI is InChI=1S/C13H16FN3O3/c1-13(2,3)12(19)17(15)9-5-8-10(4-7(9)14)20-6-11(18)16-8/h4-5H,6,15H2,1-3H3,(H,16,18). The van der Waals surface area contributed by atoms with Crippen molar-refractivity contribution in [3.05, 3.63) is 17.9 Å². The summed E-state index contributed by atoms with van der Waals surface area (Å²) in [5, 5.41) is 3.28. The molecule has 1 aromatic carbocycles. The Kier molecular flexibility index (Phi) is 3.39. The average Bonchev–Trinajstić information content (AvgIpc) is 2.35. The third-order valence-electron chi connectivity index (χ3n) is 2.80. The summed E-state index contributed by atoms with van der Waals surface area (Å²) in [4.78, 5) is 23.3. The van der Waals surface area contributed by atoms with E-state index in [4.69, 9.17) is 10.6 Å². The highest BCUT2D eigenvalue weighted by Crippen LogP contribution is 2.34. The number of hydrogen-bond acceptors (Lipinski definition) is 4. The van der Waals surface area contributed by atoms with Crippen molar-refractivity contribution < 1.29 is 18.7 Å². The Morgan fingerprint density at radius 1 is 1.45 bits per heavy atom. The molecule has 0 aromatic heterocycles. The van der Waals surface area contributed by atoms with Crippen LogP contribution in [0.25, 0.3) is 0 Å². The lowest BCUT2D eigenvalue weighted by Gasteiger charge is -2.27. The first-order valence-electron chi connectivity index (χ1n) is 6.05. The van der Waals surface area contributed by atoms with Gasteiger partial charge in [-0.15, -0.1) is 0 Å². The number of carbonyl (C=O) groups excluding carboxylic acids is 2. The molecule has 1 aliphatic heterocycles. The average molecular weight is 281 g/mol. The SMILES string of the molecule is CC(C)(C)C(=O)N(N)c1cc2c(cc1F)OCC(=O)N2. The summed E-state index contributed by atoms with van der Waals surface area (Å²) in [6, 6.07) is 2.38. The first-order chi connectivity index (χ1) is 9.20. The van der Waals surface area contributed by atoms with Gasteiger partial charge in [0.1, 0.15) is 5.75 Å². The molecular formula is C13H16FN3O3. The quantitative estimate of drug-likeness (QED) is 0.463. The van der Waals surface area contributed by atoms with E-state index in [0.717, 1.165) is 11.1 Å². The second-order valence-corrected chi connectivity index (χ2v) is 5.56. The molecule has 0 saturated carbocycles. The molecule has 0 saturated heterocycles. The third kappa shape index (κ3) is 2.57. The lowest BCUT2D eigenvalue weighted by Crippen LogP contribution is -2.45. The molecule has 7 heteroatoms. The van der Waals surface area contributed by atoms with Crippen LogP contribution < -0.4 is 20.9 Å². The second-order valence-electron chi connectivity index (χ2n) is 5.56. The van der Waals surface area contributed by atoms with Gasteiger partial charge in [0, 0.05) is 11.5 Å². The van der Waals surface area contributed by atoms with E-state index in [0.29, 0.717) is 0 Å². The highest BCUT2D eigenvalue weighted by Gasteiger charge is 2.29. The molecule has 2 rings (SSSR count). The molecule has 0 spiro atoms. The molecule has 0 radical (unpaired) electrons. The largest absolute Gasteiger partial charge is 0.481 e. The van der Waals surface area contributed by atoms with Gasteiger partial charge >= 0.3 is 0 Å². The Hall–Kier alpha value is -2.15. The Morgan fingerprint density at radius 3 is 2.70 bits per heavy atom. The molecule has 20 heavy (non-hydrogen) atoms. The van der Waals surface area contributed by atoms with E-state index in [-0.39, 0.29) is 29.6 Å². The van der Waals surface area contributed by atoms with E-state index < -0.39 is 17.1 Å². The van der Waals surface area contributed by atoms with Crippen molar-refractivity contribution in [2.45, 2.75) is 20.8 Å². The molecule has 0 bridgehead atoms. The molecule has 0 aliphatic carbocycles. The fourth-order valence-electron chi connectivity index (χ4n) is 1.75. The van der Waals surface area contributed by atoms with Gasteiger partial charge < -0.3 is 10.1 Å². The monoisotopic (exact) mass is 281 g/mol. The number of nitrogens with two attached hydrogens (primary N) is 1. The summed E-state index contributed by atoms with van der Waals surface area (Å²) in [7, 11) is 0. The number of rotatable bonds is 1. The van der Waals surface area contributed by atoms with Gasteiger partial charge in [-0.05, 0) is 6.07 Å². The number of hydrogen-bond donors (Lipinski definition) is 2. The predicted octanol–water partition coefficient (Wildman–Crippen LogP) is 1.41. The summed E-state index contributed by atoms with van der Waals surface area (Å²) in [6.07, 6.45) is 0. The minimum absolute atomic E-state index is 0.116. The highest BCUT2D eigenvalue weighted by molar-refractivity contribution is 5.99. The van der Waals surface area contributed by atoms with Gasteiger partial charge in [0.05, 0.1) is 11.4 Å². The summed E-state index contributed by atoms with van der Waals surface area (Å²) in [5.74, 6) is 4.41. The molecule has 6 nitrogen and oxygen atoms in total. The Bertz CT molecular complexity index is 581. The van der Waals surface area contributed by atoms with Crippen LogP contribution in [-0.4, -0.2) is 18.4 Å².